The number of carbonyl (C=O) groups is 1. The molecule has 0 saturated carbocycles. The van der Waals surface area contributed by atoms with Crippen LogP contribution in [0.1, 0.15) is 58.9 Å². The third kappa shape index (κ3) is 4.10. The first-order chi connectivity index (χ1) is 10.1. The van der Waals surface area contributed by atoms with Crippen molar-refractivity contribution >= 4 is 12.2 Å². The number of rotatable bonds is 1. The normalized spacial score (nSPS) is 18.1. The Morgan fingerprint density at radius 2 is 1.68 bits per heavy atom. The minimum absolute atomic E-state index is 0.386. The number of nitrogens with zero attached hydrogens (tertiary/aromatic N) is 1. The molecule has 0 spiro atoms. The van der Waals surface area contributed by atoms with Gasteiger partial charge in [0.25, 0.3) is 0 Å². The summed E-state index contributed by atoms with van der Waals surface area (Å²) in [5, 5.41) is 0. The van der Waals surface area contributed by atoms with Gasteiger partial charge in [-0.15, -0.1) is 0 Å². The largest absolute Gasteiger partial charge is 0.443 e. The lowest BCUT2D eigenvalue weighted by atomic mass is 10.0. The van der Waals surface area contributed by atoms with Crippen LogP contribution in [0.4, 0.5) is 4.79 Å². The standard InChI is InChI=1S/C18H25NO3/c1-17(2,3)21-15-14-10-8-7-9-13(14)11-12-19(15)16(20)22-18(4,5)6/h7-12,15H,1-6H3/t15-/m1/s1. The van der Waals surface area contributed by atoms with Crippen molar-refractivity contribution in [2.45, 2.75) is 59.0 Å². The first kappa shape index (κ1) is 16.6. The van der Waals surface area contributed by atoms with Crippen molar-refractivity contribution in [1.82, 2.24) is 4.90 Å². The zero-order valence-corrected chi connectivity index (χ0v) is 14.2. The molecule has 0 bridgehead atoms. The van der Waals surface area contributed by atoms with Gasteiger partial charge in [-0.05, 0) is 53.2 Å². The Morgan fingerprint density at radius 3 is 2.27 bits per heavy atom. The van der Waals surface area contributed by atoms with Crippen LogP contribution in [0.25, 0.3) is 6.08 Å². The molecule has 0 radical (unpaired) electrons. The van der Waals surface area contributed by atoms with Gasteiger partial charge < -0.3 is 9.47 Å². The lowest BCUT2D eigenvalue weighted by Gasteiger charge is -2.37. The molecule has 1 aromatic rings. The van der Waals surface area contributed by atoms with E-state index in [1.165, 1.54) is 4.90 Å². The number of benzene rings is 1. The molecule has 4 nitrogen and oxygen atoms in total. The fraction of sp³-hybridized carbons (Fsp3) is 0.500. The summed E-state index contributed by atoms with van der Waals surface area (Å²) in [5.74, 6) is 0. The Bertz CT molecular complexity index is 579. The van der Waals surface area contributed by atoms with Crippen LogP contribution in [0.2, 0.25) is 0 Å². The van der Waals surface area contributed by atoms with Crippen molar-refractivity contribution < 1.29 is 14.3 Å². The molecule has 22 heavy (non-hydrogen) atoms. The predicted octanol–water partition coefficient (Wildman–Crippen LogP) is 4.72. The fourth-order valence-corrected chi connectivity index (χ4v) is 2.20. The summed E-state index contributed by atoms with van der Waals surface area (Å²) in [6, 6.07) is 7.91. The van der Waals surface area contributed by atoms with Gasteiger partial charge >= 0.3 is 6.09 Å². The van der Waals surface area contributed by atoms with Crippen LogP contribution in [0, 0.1) is 0 Å². The number of carbonyl (C=O) groups excluding carboxylic acids is 1. The van der Waals surface area contributed by atoms with Crippen LogP contribution in [0.3, 0.4) is 0 Å². The number of amides is 1. The summed E-state index contributed by atoms with van der Waals surface area (Å²) in [6.07, 6.45) is 2.73. The van der Waals surface area contributed by atoms with Gasteiger partial charge in [-0.2, -0.15) is 0 Å². The van der Waals surface area contributed by atoms with E-state index < -0.39 is 17.9 Å². The topological polar surface area (TPSA) is 38.8 Å². The highest BCUT2D eigenvalue weighted by atomic mass is 16.6. The highest BCUT2D eigenvalue weighted by Crippen LogP contribution is 2.35. The fourth-order valence-electron chi connectivity index (χ4n) is 2.20. The van der Waals surface area contributed by atoms with Crippen molar-refractivity contribution in [2.24, 2.45) is 0 Å². The second kappa shape index (κ2) is 5.76. The number of fused-ring (bicyclic) bond motifs is 1. The Hall–Kier alpha value is -1.81. The number of ether oxygens (including phenoxy) is 2. The molecule has 0 N–H and O–H groups in total. The lowest BCUT2D eigenvalue weighted by molar-refractivity contribution is -0.120. The van der Waals surface area contributed by atoms with Gasteiger partial charge in [0.1, 0.15) is 5.60 Å². The average Bonchev–Trinajstić information content (AvgIpc) is 2.35. The molecule has 4 heteroatoms. The molecule has 0 fully saturated rings. The van der Waals surface area contributed by atoms with Gasteiger partial charge in [0, 0.05) is 11.8 Å². The molecule has 0 aromatic heterocycles. The molecule has 1 atom stereocenters. The molecule has 1 heterocycles. The molecular weight excluding hydrogens is 278 g/mol. The number of hydrogen-bond donors (Lipinski definition) is 0. The van der Waals surface area contributed by atoms with Crippen molar-refractivity contribution in [3.8, 4) is 0 Å². The zero-order chi connectivity index (χ0) is 16.5. The van der Waals surface area contributed by atoms with E-state index >= 15 is 0 Å². The summed E-state index contributed by atoms with van der Waals surface area (Å²) in [4.78, 5) is 14.0. The van der Waals surface area contributed by atoms with Crippen LogP contribution in [-0.2, 0) is 9.47 Å². The first-order valence-corrected chi connectivity index (χ1v) is 7.53. The maximum Gasteiger partial charge on any atom is 0.416 e. The molecule has 1 aromatic carbocycles. The second-order valence-electron chi connectivity index (χ2n) is 7.41. The van der Waals surface area contributed by atoms with E-state index in [1.54, 1.807) is 6.20 Å². The maximum absolute atomic E-state index is 12.5. The van der Waals surface area contributed by atoms with Crippen LogP contribution < -0.4 is 0 Å². The average molecular weight is 303 g/mol. The Kier molecular flexibility index (Phi) is 4.34. The van der Waals surface area contributed by atoms with Crippen molar-refractivity contribution in [3.63, 3.8) is 0 Å². The van der Waals surface area contributed by atoms with E-state index in [-0.39, 0.29) is 5.60 Å². The van der Waals surface area contributed by atoms with Gasteiger partial charge in [-0.3, -0.25) is 4.90 Å². The van der Waals surface area contributed by atoms with Crippen LogP contribution in [0.15, 0.2) is 30.5 Å². The van der Waals surface area contributed by atoms with Crippen LogP contribution >= 0.6 is 0 Å². The predicted molar refractivity (Wildman–Crippen MR) is 87.1 cm³/mol. The summed E-state index contributed by atoms with van der Waals surface area (Å²) >= 11 is 0. The lowest BCUT2D eigenvalue weighted by Crippen LogP contribution is -2.40. The highest BCUT2D eigenvalue weighted by Gasteiger charge is 2.34. The molecule has 1 aliphatic rings. The Labute approximate surface area is 132 Å². The Balaban J connectivity index is 2.35. The van der Waals surface area contributed by atoms with Crippen molar-refractivity contribution in [2.75, 3.05) is 0 Å². The third-order valence-corrected chi connectivity index (χ3v) is 3.00. The van der Waals surface area contributed by atoms with E-state index in [4.69, 9.17) is 9.47 Å². The Morgan fingerprint density at radius 1 is 1.05 bits per heavy atom. The monoisotopic (exact) mass is 303 g/mol. The smallest absolute Gasteiger partial charge is 0.416 e. The maximum atomic E-state index is 12.5. The third-order valence-electron chi connectivity index (χ3n) is 3.00. The zero-order valence-electron chi connectivity index (χ0n) is 14.2. The van der Waals surface area contributed by atoms with Gasteiger partial charge in [-0.1, -0.05) is 24.3 Å². The summed E-state index contributed by atoms with van der Waals surface area (Å²) in [5.41, 5.74) is 1.08. The van der Waals surface area contributed by atoms with Gasteiger partial charge in [-0.25, -0.2) is 4.79 Å². The summed E-state index contributed by atoms with van der Waals surface area (Å²) in [6.45, 7) is 11.5. The van der Waals surface area contributed by atoms with Gasteiger partial charge in [0.2, 0.25) is 0 Å². The van der Waals surface area contributed by atoms with Gasteiger partial charge in [0.05, 0.1) is 5.60 Å². The second-order valence-corrected chi connectivity index (χ2v) is 7.41. The molecule has 120 valence electrons. The highest BCUT2D eigenvalue weighted by molar-refractivity contribution is 5.73. The van der Waals surface area contributed by atoms with Crippen molar-refractivity contribution in [3.05, 3.63) is 41.6 Å². The van der Waals surface area contributed by atoms with Crippen LogP contribution in [-0.4, -0.2) is 22.2 Å². The molecule has 0 unspecified atom stereocenters. The molecule has 0 aliphatic carbocycles. The van der Waals surface area contributed by atoms with Gasteiger partial charge in [0.15, 0.2) is 6.23 Å². The van der Waals surface area contributed by atoms with Crippen molar-refractivity contribution in [1.29, 1.82) is 0 Å². The molecule has 1 aliphatic heterocycles. The molecule has 0 saturated heterocycles. The van der Waals surface area contributed by atoms with Crippen LogP contribution in [0.5, 0.6) is 0 Å². The summed E-state index contributed by atoms with van der Waals surface area (Å²) < 4.78 is 11.6. The SMILES string of the molecule is CC(C)(C)OC(=O)N1C=Cc2ccccc2[C@H]1OC(C)(C)C. The minimum atomic E-state index is -0.547. The van der Waals surface area contributed by atoms with E-state index in [2.05, 4.69) is 0 Å². The first-order valence-electron chi connectivity index (χ1n) is 7.53. The number of hydrogen-bond acceptors (Lipinski definition) is 3. The van der Waals surface area contributed by atoms with E-state index in [0.717, 1.165) is 11.1 Å². The summed E-state index contributed by atoms with van der Waals surface area (Å²) in [7, 11) is 0. The minimum Gasteiger partial charge on any atom is -0.443 e. The molecular formula is C18H25NO3. The molecule has 1 amide bonds. The van der Waals surface area contributed by atoms with E-state index in [1.807, 2.05) is 71.9 Å². The quantitative estimate of drug-likeness (QED) is 0.753. The van der Waals surface area contributed by atoms with E-state index in [9.17, 15) is 4.79 Å². The molecule has 2 rings (SSSR count). The van der Waals surface area contributed by atoms with E-state index in [0.29, 0.717) is 0 Å².